The lowest BCUT2D eigenvalue weighted by Gasteiger charge is -2.33. The Bertz CT molecular complexity index is 206. The Balaban J connectivity index is 2.38. The van der Waals surface area contributed by atoms with Gasteiger partial charge in [0.05, 0.1) is 0 Å². The quantitative estimate of drug-likeness (QED) is 0.698. The summed E-state index contributed by atoms with van der Waals surface area (Å²) in [4.78, 5) is 2.46. The van der Waals surface area contributed by atoms with Crippen LogP contribution in [0, 0.1) is 0 Å². The minimum absolute atomic E-state index is 0.00612. The van der Waals surface area contributed by atoms with Crippen LogP contribution in [0.15, 0.2) is 11.6 Å². The number of hydrogen-bond donors (Lipinski definition) is 1. The molecule has 0 aromatic carbocycles. The summed E-state index contributed by atoms with van der Waals surface area (Å²) >= 11 is 0. The highest BCUT2D eigenvalue weighted by Crippen LogP contribution is 2.15. The van der Waals surface area contributed by atoms with Crippen molar-refractivity contribution in [2.24, 2.45) is 5.73 Å². The third kappa shape index (κ3) is 3.81. The third-order valence-electron chi connectivity index (χ3n) is 2.93. The van der Waals surface area contributed by atoms with Crippen LogP contribution in [0.4, 0.5) is 0 Å². The molecule has 82 valence electrons. The maximum atomic E-state index is 6.23. The fraction of sp³-hybridized carbons (Fsp3) is 0.833. The summed E-state index contributed by atoms with van der Waals surface area (Å²) < 4.78 is 0. The van der Waals surface area contributed by atoms with Gasteiger partial charge in [0.15, 0.2) is 0 Å². The first kappa shape index (κ1) is 11.7. The summed E-state index contributed by atoms with van der Waals surface area (Å²) in [6.45, 7) is 9.88. The zero-order valence-corrected chi connectivity index (χ0v) is 9.84. The Hall–Kier alpha value is -0.340. The minimum Gasteiger partial charge on any atom is -0.324 e. The summed E-state index contributed by atoms with van der Waals surface area (Å²) in [5, 5.41) is 0. The van der Waals surface area contributed by atoms with E-state index >= 15 is 0 Å². The lowest BCUT2D eigenvalue weighted by atomic mass is 9.96. The summed E-state index contributed by atoms with van der Waals surface area (Å²) in [6.07, 6.45) is 5.83. The molecule has 14 heavy (non-hydrogen) atoms. The molecule has 0 aliphatic carbocycles. The van der Waals surface area contributed by atoms with Crippen molar-refractivity contribution in [3.8, 4) is 0 Å². The Morgan fingerprint density at radius 3 is 2.79 bits per heavy atom. The predicted octanol–water partition coefficient (Wildman–Crippen LogP) is 2.16. The molecule has 0 radical (unpaired) electrons. The van der Waals surface area contributed by atoms with E-state index in [2.05, 4.69) is 31.7 Å². The molecule has 0 aromatic rings. The first-order valence-electron chi connectivity index (χ1n) is 5.70. The Morgan fingerprint density at radius 2 is 2.29 bits per heavy atom. The Morgan fingerprint density at radius 1 is 1.57 bits per heavy atom. The van der Waals surface area contributed by atoms with Gasteiger partial charge in [-0.2, -0.15) is 0 Å². The zero-order chi connectivity index (χ0) is 10.6. The van der Waals surface area contributed by atoms with Gasteiger partial charge in [0.25, 0.3) is 0 Å². The highest BCUT2D eigenvalue weighted by molar-refractivity contribution is 5.04. The molecule has 1 aliphatic heterocycles. The molecule has 1 atom stereocenters. The van der Waals surface area contributed by atoms with Crippen LogP contribution >= 0.6 is 0 Å². The van der Waals surface area contributed by atoms with Crippen LogP contribution in [0.25, 0.3) is 0 Å². The second kappa shape index (κ2) is 4.94. The van der Waals surface area contributed by atoms with Gasteiger partial charge in [0.1, 0.15) is 0 Å². The number of hydrogen-bond acceptors (Lipinski definition) is 2. The number of rotatable bonds is 4. The van der Waals surface area contributed by atoms with E-state index in [-0.39, 0.29) is 5.54 Å². The highest BCUT2D eigenvalue weighted by atomic mass is 15.1. The number of nitrogens with two attached hydrogens (primary N) is 1. The SMILES string of the molecule is CCCC(C)(N)CN1CC=C(C)CC1. The monoisotopic (exact) mass is 196 g/mol. The summed E-state index contributed by atoms with van der Waals surface area (Å²) in [6, 6.07) is 0. The van der Waals surface area contributed by atoms with E-state index in [0.717, 1.165) is 19.5 Å². The second-order valence-corrected chi connectivity index (χ2v) is 4.94. The lowest BCUT2D eigenvalue weighted by Crippen LogP contribution is -2.48. The van der Waals surface area contributed by atoms with Crippen molar-refractivity contribution in [2.75, 3.05) is 19.6 Å². The van der Waals surface area contributed by atoms with Gasteiger partial charge in [-0.15, -0.1) is 0 Å². The maximum absolute atomic E-state index is 6.23. The van der Waals surface area contributed by atoms with Crippen molar-refractivity contribution in [1.29, 1.82) is 0 Å². The van der Waals surface area contributed by atoms with Gasteiger partial charge in [-0.25, -0.2) is 0 Å². The first-order chi connectivity index (χ1) is 6.53. The molecule has 2 nitrogen and oxygen atoms in total. The van der Waals surface area contributed by atoms with Crippen molar-refractivity contribution < 1.29 is 0 Å². The summed E-state index contributed by atoms with van der Waals surface area (Å²) in [5.41, 5.74) is 7.75. The molecule has 0 aromatic heterocycles. The molecule has 2 N–H and O–H groups in total. The van der Waals surface area contributed by atoms with Crippen LogP contribution in [-0.4, -0.2) is 30.1 Å². The smallest absolute Gasteiger partial charge is 0.0254 e. The van der Waals surface area contributed by atoms with Crippen LogP contribution < -0.4 is 5.73 Å². The largest absolute Gasteiger partial charge is 0.324 e. The predicted molar refractivity (Wildman–Crippen MR) is 62.3 cm³/mol. The molecule has 0 saturated heterocycles. The van der Waals surface area contributed by atoms with Gasteiger partial charge in [-0.1, -0.05) is 25.0 Å². The van der Waals surface area contributed by atoms with E-state index in [4.69, 9.17) is 5.73 Å². The van der Waals surface area contributed by atoms with Crippen LogP contribution in [0.5, 0.6) is 0 Å². The molecule has 0 bridgehead atoms. The number of nitrogens with zero attached hydrogens (tertiary/aromatic N) is 1. The van der Waals surface area contributed by atoms with Gasteiger partial charge in [-0.05, 0) is 26.7 Å². The van der Waals surface area contributed by atoms with Crippen molar-refractivity contribution in [3.05, 3.63) is 11.6 Å². The average molecular weight is 196 g/mol. The molecular weight excluding hydrogens is 172 g/mol. The van der Waals surface area contributed by atoms with Crippen LogP contribution in [-0.2, 0) is 0 Å². The fourth-order valence-electron chi connectivity index (χ4n) is 2.12. The van der Waals surface area contributed by atoms with Crippen LogP contribution in [0.1, 0.15) is 40.0 Å². The minimum atomic E-state index is -0.00612. The molecular formula is C12H24N2. The second-order valence-electron chi connectivity index (χ2n) is 4.94. The summed E-state index contributed by atoms with van der Waals surface area (Å²) in [7, 11) is 0. The van der Waals surface area contributed by atoms with E-state index in [1.54, 1.807) is 0 Å². The van der Waals surface area contributed by atoms with E-state index in [9.17, 15) is 0 Å². The van der Waals surface area contributed by atoms with Crippen molar-refractivity contribution in [2.45, 2.75) is 45.6 Å². The Kier molecular flexibility index (Phi) is 4.14. The van der Waals surface area contributed by atoms with Gasteiger partial charge >= 0.3 is 0 Å². The molecule has 1 rings (SSSR count). The molecule has 1 heterocycles. The zero-order valence-electron chi connectivity index (χ0n) is 9.84. The van der Waals surface area contributed by atoms with Gasteiger partial charge in [0, 0.05) is 25.2 Å². The van der Waals surface area contributed by atoms with Gasteiger partial charge in [-0.3, -0.25) is 4.90 Å². The Labute approximate surface area is 88.2 Å². The fourth-order valence-corrected chi connectivity index (χ4v) is 2.12. The molecule has 1 unspecified atom stereocenters. The van der Waals surface area contributed by atoms with Gasteiger partial charge < -0.3 is 5.73 Å². The van der Waals surface area contributed by atoms with Crippen molar-refractivity contribution in [1.82, 2.24) is 4.90 Å². The average Bonchev–Trinajstić information content (AvgIpc) is 2.08. The van der Waals surface area contributed by atoms with E-state index in [0.29, 0.717) is 0 Å². The van der Waals surface area contributed by atoms with Crippen molar-refractivity contribution in [3.63, 3.8) is 0 Å². The normalized spacial score (nSPS) is 23.0. The van der Waals surface area contributed by atoms with Crippen LogP contribution in [0.2, 0.25) is 0 Å². The summed E-state index contributed by atoms with van der Waals surface area (Å²) in [5.74, 6) is 0. The van der Waals surface area contributed by atoms with Crippen LogP contribution in [0.3, 0.4) is 0 Å². The molecule has 0 amide bonds. The molecule has 2 heteroatoms. The maximum Gasteiger partial charge on any atom is 0.0254 e. The van der Waals surface area contributed by atoms with Gasteiger partial charge in [0.2, 0.25) is 0 Å². The van der Waals surface area contributed by atoms with Crippen molar-refractivity contribution >= 4 is 0 Å². The topological polar surface area (TPSA) is 29.3 Å². The molecule has 0 saturated carbocycles. The lowest BCUT2D eigenvalue weighted by molar-refractivity contribution is 0.222. The first-order valence-corrected chi connectivity index (χ1v) is 5.70. The van der Waals surface area contributed by atoms with E-state index < -0.39 is 0 Å². The molecule has 0 fully saturated rings. The third-order valence-corrected chi connectivity index (χ3v) is 2.93. The molecule has 1 aliphatic rings. The standard InChI is InChI=1S/C12H24N2/c1-4-7-12(3,13)10-14-8-5-11(2)6-9-14/h5H,4,6-10,13H2,1-3H3. The van der Waals surface area contributed by atoms with E-state index in [1.807, 2.05) is 0 Å². The van der Waals surface area contributed by atoms with E-state index in [1.165, 1.54) is 25.0 Å². The molecule has 0 spiro atoms. The highest BCUT2D eigenvalue weighted by Gasteiger charge is 2.21.